The van der Waals surface area contributed by atoms with Crippen LogP contribution in [-0.2, 0) is 6.54 Å². The highest BCUT2D eigenvalue weighted by Crippen LogP contribution is 2.20. The molecule has 0 spiro atoms. The van der Waals surface area contributed by atoms with Crippen molar-refractivity contribution >= 4 is 23.2 Å². The maximum Gasteiger partial charge on any atom is 0.335 e. The quantitative estimate of drug-likeness (QED) is 0.877. The highest BCUT2D eigenvalue weighted by Gasteiger charge is 2.10. The molecule has 20 heavy (non-hydrogen) atoms. The fraction of sp³-hybridized carbons (Fsp3) is 0.154. The molecule has 104 valence electrons. The topological polar surface area (TPSA) is 88.5 Å². The molecule has 0 fully saturated rings. The number of amides is 1. The van der Waals surface area contributed by atoms with Gasteiger partial charge in [0.1, 0.15) is 5.75 Å². The van der Waals surface area contributed by atoms with E-state index >= 15 is 0 Å². The maximum absolute atomic E-state index is 11.9. The van der Waals surface area contributed by atoms with Crippen LogP contribution < -0.4 is 10.1 Å². The van der Waals surface area contributed by atoms with E-state index in [0.717, 1.165) is 0 Å². The zero-order valence-electron chi connectivity index (χ0n) is 10.6. The van der Waals surface area contributed by atoms with Crippen molar-refractivity contribution in [3.63, 3.8) is 0 Å². The number of rotatable bonds is 5. The van der Waals surface area contributed by atoms with Crippen molar-refractivity contribution in [2.75, 3.05) is 7.11 Å². The van der Waals surface area contributed by atoms with Crippen LogP contribution in [0, 0.1) is 0 Å². The largest absolute Gasteiger partial charge is 0.496 e. The Hall–Kier alpha value is -2.41. The summed E-state index contributed by atoms with van der Waals surface area (Å²) in [4.78, 5) is 27.2. The molecule has 0 aliphatic carbocycles. The lowest BCUT2D eigenvalue weighted by Crippen LogP contribution is -2.22. The second-order valence-electron chi connectivity index (χ2n) is 3.87. The normalized spacial score (nSPS) is 10.1. The van der Waals surface area contributed by atoms with Gasteiger partial charge in [0.15, 0.2) is 0 Å². The number of methoxy groups -OCH3 is 1. The molecular weight excluding hydrogens is 280 g/mol. The van der Waals surface area contributed by atoms with E-state index in [1.165, 1.54) is 36.8 Å². The molecule has 2 aromatic heterocycles. The summed E-state index contributed by atoms with van der Waals surface area (Å²) in [5.74, 6) is -0.644. The minimum Gasteiger partial charge on any atom is -0.496 e. The Morgan fingerprint density at radius 3 is 2.90 bits per heavy atom. The van der Waals surface area contributed by atoms with Crippen LogP contribution in [0.2, 0.25) is 0 Å². The Morgan fingerprint density at radius 2 is 2.25 bits per heavy atom. The molecule has 0 aromatic carbocycles. The average molecular weight is 292 g/mol. The Balaban J connectivity index is 1.99. The molecule has 0 unspecified atom stereocenters. The zero-order chi connectivity index (χ0) is 14.5. The van der Waals surface area contributed by atoms with Gasteiger partial charge in [-0.15, -0.1) is 11.3 Å². The van der Waals surface area contributed by atoms with Gasteiger partial charge < -0.3 is 15.2 Å². The molecule has 0 aliphatic rings. The number of hydrogen-bond acceptors (Lipinski definition) is 5. The SMILES string of the molecule is COc1csc(C(=O)NCc2cc(C(=O)O)ccn2)c1. The van der Waals surface area contributed by atoms with Crippen LogP contribution in [0.4, 0.5) is 0 Å². The summed E-state index contributed by atoms with van der Waals surface area (Å²) in [5.41, 5.74) is 0.629. The molecule has 2 heterocycles. The Morgan fingerprint density at radius 1 is 1.45 bits per heavy atom. The summed E-state index contributed by atoms with van der Waals surface area (Å²) >= 11 is 1.27. The van der Waals surface area contributed by atoms with E-state index in [1.807, 2.05) is 0 Å². The molecule has 2 aromatic rings. The lowest BCUT2D eigenvalue weighted by molar-refractivity contribution is 0.0696. The number of pyridine rings is 1. The van der Waals surface area contributed by atoms with E-state index in [2.05, 4.69) is 10.3 Å². The molecule has 2 N–H and O–H groups in total. The summed E-state index contributed by atoms with van der Waals surface area (Å²) in [5, 5.41) is 13.3. The minimum atomic E-state index is -1.03. The van der Waals surface area contributed by atoms with Gasteiger partial charge in [0.25, 0.3) is 5.91 Å². The number of carbonyl (C=O) groups is 2. The van der Waals surface area contributed by atoms with Gasteiger partial charge in [-0.05, 0) is 12.1 Å². The van der Waals surface area contributed by atoms with Gasteiger partial charge in [-0.2, -0.15) is 0 Å². The summed E-state index contributed by atoms with van der Waals surface area (Å²) in [7, 11) is 1.53. The smallest absolute Gasteiger partial charge is 0.335 e. The number of carboxylic acid groups (broad SMARTS) is 1. The second-order valence-corrected chi connectivity index (χ2v) is 4.79. The molecule has 0 bridgehead atoms. The first-order valence-corrected chi connectivity index (χ1v) is 6.57. The predicted molar refractivity (Wildman–Crippen MR) is 73.2 cm³/mol. The van der Waals surface area contributed by atoms with Crippen LogP contribution in [-0.4, -0.2) is 29.1 Å². The molecule has 2 rings (SSSR count). The van der Waals surface area contributed by atoms with Gasteiger partial charge in [0.2, 0.25) is 0 Å². The van der Waals surface area contributed by atoms with E-state index in [4.69, 9.17) is 9.84 Å². The van der Waals surface area contributed by atoms with Gasteiger partial charge in [-0.1, -0.05) is 0 Å². The van der Waals surface area contributed by atoms with Crippen molar-refractivity contribution in [1.29, 1.82) is 0 Å². The molecule has 0 saturated heterocycles. The minimum absolute atomic E-state index is 0.141. The van der Waals surface area contributed by atoms with Crippen LogP contribution >= 0.6 is 11.3 Å². The maximum atomic E-state index is 11.9. The number of carbonyl (C=O) groups excluding carboxylic acids is 1. The number of carboxylic acids is 1. The van der Waals surface area contributed by atoms with Crippen molar-refractivity contribution in [3.05, 3.63) is 45.9 Å². The number of aromatic carboxylic acids is 1. The van der Waals surface area contributed by atoms with Gasteiger partial charge in [-0.3, -0.25) is 9.78 Å². The lowest BCUT2D eigenvalue weighted by Gasteiger charge is -2.03. The lowest BCUT2D eigenvalue weighted by atomic mass is 10.2. The van der Waals surface area contributed by atoms with Crippen LogP contribution in [0.1, 0.15) is 25.7 Å². The van der Waals surface area contributed by atoms with E-state index in [0.29, 0.717) is 16.3 Å². The van der Waals surface area contributed by atoms with Crippen LogP contribution in [0.3, 0.4) is 0 Å². The predicted octanol–water partition coefficient (Wildman–Crippen LogP) is 1.78. The third-order valence-electron chi connectivity index (χ3n) is 2.53. The molecule has 0 atom stereocenters. The van der Waals surface area contributed by atoms with Crippen molar-refractivity contribution in [3.8, 4) is 5.75 Å². The number of nitrogens with one attached hydrogen (secondary N) is 1. The summed E-state index contributed by atoms with van der Waals surface area (Å²) < 4.78 is 5.00. The number of aromatic nitrogens is 1. The standard InChI is InChI=1S/C13H12N2O4S/c1-19-10-5-11(20-7-10)12(16)15-6-9-4-8(13(17)18)2-3-14-9/h2-5,7H,6H2,1H3,(H,15,16)(H,17,18). The highest BCUT2D eigenvalue weighted by atomic mass is 32.1. The second kappa shape index (κ2) is 6.16. The average Bonchev–Trinajstić information content (AvgIpc) is 2.94. The van der Waals surface area contributed by atoms with Crippen LogP contribution in [0.25, 0.3) is 0 Å². The Kier molecular flexibility index (Phi) is 4.31. The van der Waals surface area contributed by atoms with Crippen molar-refractivity contribution in [2.24, 2.45) is 0 Å². The molecule has 1 amide bonds. The van der Waals surface area contributed by atoms with Crippen LogP contribution in [0.5, 0.6) is 5.75 Å². The number of ether oxygens (including phenoxy) is 1. The van der Waals surface area contributed by atoms with Crippen molar-refractivity contribution in [2.45, 2.75) is 6.54 Å². The molecule has 7 heteroatoms. The number of hydrogen-bond donors (Lipinski definition) is 2. The Bertz CT molecular complexity index is 639. The third kappa shape index (κ3) is 3.33. The summed E-state index contributed by atoms with van der Waals surface area (Å²) in [6.45, 7) is 0.167. The van der Waals surface area contributed by atoms with E-state index in [-0.39, 0.29) is 18.0 Å². The zero-order valence-corrected chi connectivity index (χ0v) is 11.4. The fourth-order valence-electron chi connectivity index (χ4n) is 1.51. The van der Waals surface area contributed by atoms with Crippen molar-refractivity contribution < 1.29 is 19.4 Å². The number of nitrogens with zero attached hydrogens (tertiary/aromatic N) is 1. The van der Waals surface area contributed by atoms with Gasteiger partial charge in [0, 0.05) is 17.6 Å². The monoisotopic (exact) mass is 292 g/mol. The summed E-state index contributed by atoms with van der Waals surface area (Å²) in [6, 6.07) is 4.47. The molecule has 0 saturated carbocycles. The highest BCUT2D eigenvalue weighted by molar-refractivity contribution is 7.12. The molecule has 0 radical (unpaired) electrons. The molecular formula is C13H12N2O4S. The van der Waals surface area contributed by atoms with Gasteiger partial charge >= 0.3 is 5.97 Å². The van der Waals surface area contributed by atoms with E-state index < -0.39 is 5.97 Å². The molecule has 6 nitrogen and oxygen atoms in total. The summed E-state index contributed by atoms with van der Waals surface area (Å²) in [6.07, 6.45) is 1.40. The van der Waals surface area contributed by atoms with Crippen LogP contribution in [0.15, 0.2) is 29.8 Å². The third-order valence-corrected chi connectivity index (χ3v) is 3.44. The first-order chi connectivity index (χ1) is 9.60. The van der Waals surface area contributed by atoms with E-state index in [9.17, 15) is 9.59 Å². The number of thiophene rings is 1. The van der Waals surface area contributed by atoms with Gasteiger partial charge in [0.05, 0.1) is 29.8 Å². The fourth-order valence-corrected chi connectivity index (χ4v) is 2.28. The first kappa shape index (κ1) is 14.0. The molecule has 0 aliphatic heterocycles. The van der Waals surface area contributed by atoms with Gasteiger partial charge in [-0.25, -0.2) is 4.79 Å². The van der Waals surface area contributed by atoms with Crippen molar-refractivity contribution in [1.82, 2.24) is 10.3 Å². The Labute approximate surface area is 119 Å². The van der Waals surface area contributed by atoms with E-state index in [1.54, 1.807) is 11.4 Å². The first-order valence-electron chi connectivity index (χ1n) is 5.69.